The van der Waals surface area contributed by atoms with E-state index in [1.54, 1.807) is 48.8 Å². The zero-order valence-corrected chi connectivity index (χ0v) is 14.2. The Hall–Kier alpha value is -2.51. The number of pyridine rings is 2. The maximum absolute atomic E-state index is 13.7. The fourth-order valence-corrected chi connectivity index (χ4v) is 2.83. The van der Waals surface area contributed by atoms with Crippen LogP contribution in [0.3, 0.4) is 0 Å². The number of nitrogens with zero attached hydrogens (tertiary/aromatic N) is 2. The molecule has 8 heteroatoms. The minimum atomic E-state index is -2.98. The molecular weight excluding hydrogens is 364 g/mol. The van der Waals surface area contributed by atoms with Gasteiger partial charge < -0.3 is 14.8 Å². The Kier molecular flexibility index (Phi) is 4.34. The molecule has 0 radical (unpaired) electrons. The van der Waals surface area contributed by atoms with Crippen LogP contribution < -0.4 is 10.1 Å². The van der Waals surface area contributed by atoms with Crippen LogP contribution in [-0.2, 0) is 4.74 Å². The van der Waals surface area contributed by atoms with Gasteiger partial charge in [-0.15, -0.1) is 0 Å². The molecule has 0 bridgehead atoms. The van der Waals surface area contributed by atoms with Crippen LogP contribution >= 0.6 is 11.6 Å². The molecule has 0 saturated carbocycles. The van der Waals surface area contributed by atoms with Crippen LogP contribution in [0.2, 0.25) is 5.15 Å². The smallest absolute Gasteiger partial charge is 0.309 e. The Morgan fingerprint density at radius 3 is 2.81 bits per heavy atom. The number of hydrogen-bond donors (Lipinski definition) is 1. The predicted molar refractivity (Wildman–Crippen MR) is 94.5 cm³/mol. The van der Waals surface area contributed by atoms with Crippen molar-refractivity contribution >= 4 is 33.9 Å². The third kappa shape index (κ3) is 3.40. The van der Waals surface area contributed by atoms with Crippen molar-refractivity contribution in [2.75, 3.05) is 18.5 Å². The van der Waals surface area contributed by atoms with E-state index in [9.17, 15) is 8.78 Å². The summed E-state index contributed by atoms with van der Waals surface area (Å²) < 4.78 is 37.6. The maximum Gasteiger partial charge on any atom is 0.309 e. The first kappa shape index (κ1) is 16.9. The van der Waals surface area contributed by atoms with E-state index in [4.69, 9.17) is 21.1 Å². The van der Waals surface area contributed by atoms with Gasteiger partial charge in [-0.1, -0.05) is 11.6 Å². The molecule has 1 aliphatic heterocycles. The number of rotatable bonds is 4. The molecule has 1 atom stereocenters. The summed E-state index contributed by atoms with van der Waals surface area (Å²) in [6, 6.07) is 10.4. The summed E-state index contributed by atoms with van der Waals surface area (Å²) in [5.74, 6) is -2.01. The molecule has 1 aromatic carbocycles. The first-order chi connectivity index (χ1) is 12.5. The van der Waals surface area contributed by atoms with E-state index in [2.05, 4.69) is 15.3 Å². The molecule has 134 valence electrons. The number of anilines is 2. The third-order valence-corrected chi connectivity index (χ3v) is 4.26. The molecule has 0 amide bonds. The molecule has 3 heterocycles. The molecule has 0 aliphatic carbocycles. The van der Waals surface area contributed by atoms with Gasteiger partial charge in [-0.3, -0.25) is 0 Å². The van der Waals surface area contributed by atoms with Gasteiger partial charge in [0.25, 0.3) is 0 Å². The molecular formula is C18H14ClF2N3O2. The van der Waals surface area contributed by atoms with E-state index in [-0.39, 0.29) is 6.61 Å². The van der Waals surface area contributed by atoms with Gasteiger partial charge >= 0.3 is 5.92 Å². The molecule has 1 N–H and O–H groups in total. The Morgan fingerprint density at radius 2 is 2.08 bits per heavy atom. The Morgan fingerprint density at radius 1 is 1.19 bits per heavy atom. The summed E-state index contributed by atoms with van der Waals surface area (Å²) in [6.07, 6.45) is 1.95. The summed E-state index contributed by atoms with van der Waals surface area (Å²) in [6.45, 7) is -0.740. The summed E-state index contributed by atoms with van der Waals surface area (Å²) in [4.78, 5) is 8.34. The van der Waals surface area contributed by atoms with Crippen molar-refractivity contribution in [3.05, 3.63) is 53.9 Å². The van der Waals surface area contributed by atoms with Crippen molar-refractivity contribution in [1.29, 1.82) is 0 Å². The topological polar surface area (TPSA) is 56.3 Å². The minimum absolute atomic E-state index is 0.127. The molecule has 3 aromatic rings. The van der Waals surface area contributed by atoms with Gasteiger partial charge in [-0.25, -0.2) is 9.97 Å². The molecule has 2 aromatic heterocycles. The molecule has 0 spiro atoms. The van der Waals surface area contributed by atoms with Crippen LogP contribution in [0.5, 0.6) is 5.75 Å². The lowest BCUT2D eigenvalue weighted by Crippen LogP contribution is -2.36. The molecule has 4 rings (SSSR count). The number of ether oxygens (including phenoxy) is 2. The highest BCUT2D eigenvalue weighted by Gasteiger charge is 2.47. The molecule has 1 fully saturated rings. The van der Waals surface area contributed by atoms with Crippen LogP contribution in [-0.4, -0.2) is 35.2 Å². The maximum atomic E-state index is 13.7. The van der Waals surface area contributed by atoms with E-state index >= 15 is 0 Å². The van der Waals surface area contributed by atoms with Crippen LogP contribution in [0.15, 0.2) is 48.8 Å². The largest absolute Gasteiger partial charge is 0.482 e. The first-order valence-corrected chi connectivity index (χ1v) is 8.29. The second-order valence-electron chi connectivity index (χ2n) is 5.92. The van der Waals surface area contributed by atoms with Gasteiger partial charge in [0.05, 0.1) is 18.5 Å². The summed E-state index contributed by atoms with van der Waals surface area (Å²) in [5, 5.41) is 5.20. The van der Waals surface area contributed by atoms with Crippen molar-refractivity contribution in [3.63, 3.8) is 0 Å². The van der Waals surface area contributed by atoms with Crippen LogP contribution in [0.4, 0.5) is 20.3 Å². The monoisotopic (exact) mass is 377 g/mol. The summed E-state index contributed by atoms with van der Waals surface area (Å²) in [5.41, 5.74) is 0.734. The average molecular weight is 378 g/mol. The van der Waals surface area contributed by atoms with Crippen molar-refractivity contribution in [3.8, 4) is 5.75 Å². The zero-order valence-electron chi connectivity index (χ0n) is 13.5. The average Bonchev–Trinajstić information content (AvgIpc) is 2.95. The van der Waals surface area contributed by atoms with Gasteiger partial charge in [-0.2, -0.15) is 8.78 Å². The highest BCUT2D eigenvalue weighted by atomic mass is 35.5. The molecule has 5 nitrogen and oxygen atoms in total. The standard InChI is InChI=1S/C18H14ClF2N3O2/c19-16-4-1-12(8-23-16)24-17-14-3-2-13(7-11(14)5-6-22-17)26-15-9-25-10-18(15,20)21/h1-8,15H,9-10H2,(H,22,24). The second-order valence-corrected chi connectivity index (χ2v) is 6.31. The van der Waals surface area contributed by atoms with E-state index < -0.39 is 18.6 Å². The SMILES string of the molecule is FC1(F)COCC1Oc1ccc2c(Nc3ccc(Cl)nc3)nccc2c1. The summed E-state index contributed by atoms with van der Waals surface area (Å²) in [7, 11) is 0. The van der Waals surface area contributed by atoms with Gasteiger partial charge in [-0.05, 0) is 41.8 Å². The number of hydrogen-bond acceptors (Lipinski definition) is 5. The zero-order chi connectivity index (χ0) is 18.1. The normalized spacial score (nSPS) is 18.8. The lowest BCUT2D eigenvalue weighted by Gasteiger charge is -2.19. The molecule has 26 heavy (non-hydrogen) atoms. The quantitative estimate of drug-likeness (QED) is 0.681. The number of alkyl halides is 2. The number of benzene rings is 1. The lowest BCUT2D eigenvalue weighted by molar-refractivity contribution is -0.0658. The van der Waals surface area contributed by atoms with E-state index in [1.165, 1.54) is 0 Å². The van der Waals surface area contributed by atoms with E-state index in [0.29, 0.717) is 16.7 Å². The van der Waals surface area contributed by atoms with Crippen molar-refractivity contribution in [2.45, 2.75) is 12.0 Å². The van der Waals surface area contributed by atoms with Gasteiger partial charge in [0.15, 0.2) is 6.10 Å². The van der Waals surface area contributed by atoms with Gasteiger partial charge in [0.1, 0.15) is 23.3 Å². The van der Waals surface area contributed by atoms with Gasteiger partial charge in [0, 0.05) is 11.6 Å². The van der Waals surface area contributed by atoms with E-state index in [0.717, 1.165) is 16.5 Å². The lowest BCUT2D eigenvalue weighted by atomic mass is 10.1. The third-order valence-electron chi connectivity index (χ3n) is 4.04. The van der Waals surface area contributed by atoms with Crippen molar-refractivity contribution in [1.82, 2.24) is 9.97 Å². The number of nitrogens with one attached hydrogen (secondary N) is 1. The minimum Gasteiger partial charge on any atom is -0.482 e. The van der Waals surface area contributed by atoms with Crippen molar-refractivity contribution in [2.24, 2.45) is 0 Å². The fraction of sp³-hybridized carbons (Fsp3) is 0.222. The molecule has 1 saturated heterocycles. The molecule has 1 unspecified atom stereocenters. The Labute approximate surface area is 152 Å². The van der Waals surface area contributed by atoms with Crippen molar-refractivity contribution < 1.29 is 18.3 Å². The van der Waals surface area contributed by atoms with Gasteiger partial charge in [0.2, 0.25) is 0 Å². The molecule has 1 aliphatic rings. The Bertz CT molecular complexity index is 937. The van der Waals surface area contributed by atoms with E-state index in [1.807, 2.05) is 0 Å². The van der Waals surface area contributed by atoms with Crippen LogP contribution in [0.1, 0.15) is 0 Å². The highest BCUT2D eigenvalue weighted by Crippen LogP contribution is 2.32. The second kappa shape index (κ2) is 6.66. The fourth-order valence-electron chi connectivity index (χ4n) is 2.72. The Balaban J connectivity index is 1.60. The van der Waals surface area contributed by atoms with Crippen LogP contribution in [0.25, 0.3) is 10.8 Å². The predicted octanol–water partition coefficient (Wildman–Crippen LogP) is 4.44. The van der Waals surface area contributed by atoms with Crippen LogP contribution in [0, 0.1) is 0 Å². The first-order valence-electron chi connectivity index (χ1n) is 7.91. The number of aromatic nitrogens is 2. The highest BCUT2D eigenvalue weighted by molar-refractivity contribution is 6.29. The summed E-state index contributed by atoms with van der Waals surface area (Å²) >= 11 is 5.79. The number of halogens is 3. The number of fused-ring (bicyclic) bond motifs is 1.